The fourth-order valence-electron chi connectivity index (χ4n) is 2.08. The van der Waals surface area contributed by atoms with Gasteiger partial charge in [-0.3, -0.25) is 4.79 Å². The van der Waals surface area contributed by atoms with Crippen molar-refractivity contribution in [1.29, 1.82) is 0 Å². The number of hydrogen-bond donors (Lipinski definition) is 2. The Bertz CT molecular complexity index is 520. The van der Waals surface area contributed by atoms with E-state index in [9.17, 15) is 4.79 Å². The number of benzene rings is 2. The summed E-state index contributed by atoms with van der Waals surface area (Å²) < 4.78 is 0. The van der Waals surface area contributed by atoms with Gasteiger partial charge in [0.25, 0.3) is 0 Å². The largest absolute Gasteiger partial charge is 0.480 e. The molecule has 0 radical (unpaired) electrons. The van der Waals surface area contributed by atoms with Gasteiger partial charge in [0.2, 0.25) is 0 Å². The second-order valence-electron chi connectivity index (χ2n) is 4.81. The van der Waals surface area contributed by atoms with Crippen LogP contribution in [0.15, 0.2) is 60.7 Å². The van der Waals surface area contributed by atoms with E-state index in [2.05, 4.69) is 24.3 Å². The van der Waals surface area contributed by atoms with Crippen molar-refractivity contribution in [2.75, 3.05) is 5.75 Å². The molecule has 0 aliphatic heterocycles. The molecule has 4 heteroatoms. The maximum Gasteiger partial charge on any atom is 0.320 e. The van der Waals surface area contributed by atoms with Crippen LogP contribution in [-0.2, 0) is 4.79 Å². The molecule has 21 heavy (non-hydrogen) atoms. The van der Waals surface area contributed by atoms with Crippen LogP contribution < -0.4 is 5.73 Å². The minimum atomic E-state index is -0.938. The topological polar surface area (TPSA) is 63.3 Å². The summed E-state index contributed by atoms with van der Waals surface area (Å²) in [4.78, 5) is 10.8. The zero-order valence-electron chi connectivity index (χ0n) is 11.7. The summed E-state index contributed by atoms with van der Waals surface area (Å²) in [6.45, 7) is 0. The normalized spacial score (nSPS) is 12.3. The molecule has 1 atom stereocenters. The van der Waals surface area contributed by atoms with E-state index in [-0.39, 0.29) is 5.25 Å². The molecule has 0 saturated carbocycles. The maximum atomic E-state index is 10.8. The van der Waals surface area contributed by atoms with Crippen molar-refractivity contribution < 1.29 is 9.90 Å². The third kappa shape index (κ3) is 4.62. The zero-order valence-corrected chi connectivity index (χ0v) is 12.5. The van der Waals surface area contributed by atoms with Gasteiger partial charge in [-0.2, -0.15) is 0 Å². The summed E-state index contributed by atoms with van der Waals surface area (Å²) in [6.07, 6.45) is 0.468. The molecule has 2 rings (SSSR count). The van der Waals surface area contributed by atoms with Crippen molar-refractivity contribution in [3.05, 3.63) is 71.8 Å². The fourth-order valence-corrected chi connectivity index (χ4v) is 3.40. The first-order valence-corrected chi connectivity index (χ1v) is 7.93. The van der Waals surface area contributed by atoms with Crippen LogP contribution in [0.3, 0.4) is 0 Å². The Hall–Kier alpha value is -1.78. The Kier molecular flexibility index (Phi) is 5.84. The van der Waals surface area contributed by atoms with Gasteiger partial charge in [-0.15, -0.1) is 11.8 Å². The van der Waals surface area contributed by atoms with Crippen molar-refractivity contribution in [1.82, 2.24) is 0 Å². The van der Waals surface area contributed by atoms with Crippen molar-refractivity contribution in [2.24, 2.45) is 5.73 Å². The summed E-state index contributed by atoms with van der Waals surface area (Å²) in [5.74, 6) is -0.228. The zero-order chi connectivity index (χ0) is 15.1. The van der Waals surface area contributed by atoms with Gasteiger partial charge in [-0.05, 0) is 23.3 Å². The van der Waals surface area contributed by atoms with E-state index in [1.807, 2.05) is 36.4 Å². The van der Waals surface area contributed by atoms with Crippen molar-refractivity contribution >= 4 is 17.7 Å². The van der Waals surface area contributed by atoms with Crippen LogP contribution in [0.5, 0.6) is 0 Å². The highest BCUT2D eigenvalue weighted by Gasteiger charge is 2.16. The van der Waals surface area contributed by atoms with Gasteiger partial charge < -0.3 is 10.8 Å². The molecule has 0 heterocycles. The van der Waals surface area contributed by atoms with Crippen LogP contribution in [0.1, 0.15) is 22.8 Å². The van der Waals surface area contributed by atoms with Crippen molar-refractivity contribution in [2.45, 2.75) is 17.7 Å². The quantitative estimate of drug-likeness (QED) is 0.823. The predicted molar refractivity (Wildman–Crippen MR) is 87.4 cm³/mol. The first kappa shape index (κ1) is 15.6. The molecule has 110 valence electrons. The van der Waals surface area contributed by atoms with E-state index in [1.54, 1.807) is 11.8 Å². The second kappa shape index (κ2) is 7.86. The van der Waals surface area contributed by atoms with Crippen LogP contribution in [0, 0.1) is 0 Å². The Balaban J connectivity index is 2.09. The molecule has 0 bridgehead atoms. The molecule has 0 aliphatic carbocycles. The number of hydrogen-bond acceptors (Lipinski definition) is 3. The van der Waals surface area contributed by atoms with E-state index < -0.39 is 12.0 Å². The van der Waals surface area contributed by atoms with Crippen LogP contribution >= 0.6 is 11.8 Å². The number of carbonyl (C=O) groups is 1. The summed E-state index contributed by atoms with van der Waals surface area (Å²) in [5.41, 5.74) is 8.01. The van der Waals surface area contributed by atoms with E-state index in [0.29, 0.717) is 12.2 Å². The Labute approximate surface area is 129 Å². The molecule has 0 aromatic heterocycles. The molecular formula is C17H19NO2S. The van der Waals surface area contributed by atoms with Crippen LogP contribution in [0.2, 0.25) is 0 Å². The minimum Gasteiger partial charge on any atom is -0.480 e. The Morgan fingerprint density at radius 3 is 1.90 bits per heavy atom. The van der Waals surface area contributed by atoms with Gasteiger partial charge in [-0.1, -0.05) is 60.7 Å². The van der Waals surface area contributed by atoms with E-state index in [1.165, 1.54) is 11.1 Å². The summed E-state index contributed by atoms with van der Waals surface area (Å²) in [7, 11) is 0. The van der Waals surface area contributed by atoms with Crippen LogP contribution in [0.25, 0.3) is 0 Å². The monoisotopic (exact) mass is 301 g/mol. The van der Waals surface area contributed by atoms with Gasteiger partial charge in [0.1, 0.15) is 6.04 Å². The van der Waals surface area contributed by atoms with Gasteiger partial charge in [0, 0.05) is 0 Å². The van der Waals surface area contributed by atoms with Gasteiger partial charge >= 0.3 is 5.97 Å². The highest BCUT2D eigenvalue weighted by atomic mass is 32.2. The standard InChI is InChI=1S/C17H19NO2S/c18-15(17(19)20)11-12-21-16(13-7-3-1-4-8-13)14-9-5-2-6-10-14/h1-10,15-16H,11-12,18H2,(H,19,20)/t15-/m1/s1. The molecule has 0 fully saturated rings. The summed E-state index contributed by atoms with van der Waals surface area (Å²) in [5, 5.41) is 9.05. The Morgan fingerprint density at radius 1 is 1.00 bits per heavy atom. The molecule has 0 unspecified atom stereocenters. The van der Waals surface area contributed by atoms with Gasteiger partial charge in [-0.25, -0.2) is 0 Å². The number of aliphatic carboxylic acids is 1. The average molecular weight is 301 g/mol. The summed E-state index contributed by atoms with van der Waals surface area (Å²) in [6, 6.07) is 19.7. The Morgan fingerprint density at radius 2 is 1.48 bits per heavy atom. The van der Waals surface area contributed by atoms with Crippen LogP contribution in [-0.4, -0.2) is 22.9 Å². The lowest BCUT2D eigenvalue weighted by molar-refractivity contribution is -0.138. The molecular weight excluding hydrogens is 282 g/mol. The SMILES string of the molecule is N[C@H](CCSC(c1ccccc1)c1ccccc1)C(=O)O. The molecule has 0 aliphatic rings. The third-order valence-corrected chi connectivity index (χ3v) is 4.58. The first-order chi connectivity index (χ1) is 10.2. The molecule has 2 aromatic rings. The number of rotatable bonds is 7. The number of carboxylic acids is 1. The van der Waals surface area contributed by atoms with E-state index >= 15 is 0 Å². The molecule has 0 saturated heterocycles. The van der Waals surface area contributed by atoms with Crippen molar-refractivity contribution in [3.63, 3.8) is 0 Å². The molecule has 0 spiro atoms. The smallest absolute Gasteiger partial charge is 0.320 e. The maximum absolute atomic E-state index is 10.8. The minimum absolute atomic E-state index is 0.202. The number of thioether (sulfide) groups is 1. The second-order valence-corrected chi connectivity index (χ2v) is 6.02. The van der Waals surface area contributed by atoms with Crippen LogP contribution in [0.4, 0.5) is 0 Å². The molecule has 3 N–H and O–H groups in total. The average Bonchev–Trinajstić information content (AvgIpc) is 2.53. The van der Waals surface area contributed by atoms with Gasteiger partial charge in [0.05, 0.1) is 5.25 Å². The lowest BCUT2D eigenvalue weighted by atomic mass is 10.0. The molecule has 3 nitrogen and oxygen atoms in total. The predicted octanol–water partition coefficient (Wildman–Crippen LogP) is 3.31. The highest BCUT2D eigenvalue weighted by molar-refractivity contribution is 7.99. The number of nitrogens with two attached hydrogens (primary N) is 1. The number of carboxylic acid groups (broad SMARTS) is 1. The van der Waals surface area contributed by atoms with Crippen molar-refractivity contribution in [3.8, 4) is 0 Å². The third-order valence-electron chi connectivity index (χ3n) is 3.24. The molecule has 2 aromatic carbocycles. The van der Waals surface area contributed by atoms with Gasteiger partial charge in [0.15, 0.2) is 0 Å². The van der Waals surface area contributed by atoms with E-state index in [4.69, 9.17) is 10.8 Å². The fraction of sp³-hybridized carbons (Fsp3) is 0.235. The van der Waals surface area contributed by atoms with E-state index in [0.717, 1.165) is 0 Å². The first-order valence-electron chi connectivity index (χ1n) is 6.88. The highest BCUT2D eigenvalue weighted by Crippen LogP contribution is 2.35. The summed E-state index contributed by atoms with van der Waals surface area (Å²) >= 11 is 1.73. The molecule has 0 amide bonds. The lowest BCUT2D eigenvalue weighted by Gasteiger charge is -2.18. The lowest BCUT2D eigenvalue weighted by Crippen LogP contribution is -2.30.